The number of hydrogen-bond acceptors (Lipinski definition) is 7. The number of ether oxygens (including phenoxy) is 3. The van der Waals surface area contributed by atoms with Crippen molar-refractivity contribution in [2.24, 2.45) is 4.99 Å². The molecule has 32 heavy (non-hydrogen) atoms. The molecular weight excluding hydrogens is 454 g/mol. The quantitative estimate of drug-likeness (QED) is 0.608. The molecule has 0 bridgehead atoms. The highest BCUT2D eigenvalue weighted by Crippen LogP contribution is 2.36. The molecule has 0 aliphatic carbocycles. The fourth-order valence-electron chi connectivity index (χ4n) is 3.14. The topological polar surface area (TPSA) is 89.5 Å². The fraction of sp³-hybridized carbons (Fsp3) is 0.318. The van der Waals surface area contributed by atoms with Crippen LogP contribution in [0.1, 0.15) is 13.3 Å². The molecule has 0 aromatic heterocycles. The zero-order chi connectivity index (χ0) is 23.3. The zero-order valence-electron chi connectivity index (χ0n) is 18.2. The van der Waals surface area contributed by atoms with Gasteiger partial charge in [0.05, 0.1) is 27.0 Å². The summed E-state index contributed by atoms with van der Waals surface area (Å²) in [7, 11) is 4.62. The van der Waals surface area contributed by atoms with Gasteiger partial charge in [0.25, 0.3) is 0 Å². The summed E-state index contributed by atoms with van der Waals surface area (Å²) in [4.78, 5) is 31.7. The molecule has 10 heteroatoms. The molecule has 1 atom stereocenters. The van der Waals surface area contributed by atoms with Crippen LogP contribution < -0.4 is 19.5 Å². The number of methoxy groups -OCH3 is 3. The first kappa shape index (κ1) is 23.7. The van der Waals surface area contributed by atoms with Crippen molar-refractivity contribution in [3.8, 4) is 17.2 Å². The highest BCUT2D eigenvalue weighted by Gasteiger charge is 2.38. The van der Waals surface area contributed by atoms with Crippen molar-refractivity contribution in [2.75, 3.05) is 33.2 Å². The number of thioether (sulfide) groups is 1. The van der Waals surface area contributed by atoms with Crippen LogP contribution in [-0.2, 0) is 9.59 Å². The van der Waals surface area contributed by atoms with Gasteiger partial charge in [0.15, 0.2) is 5.17 Å². The number of amidine groups is 1. The Kier molecular flexibility index (Phi) is 7.87. The minimum Gasteiger partial charge on any atom is -0.497 e. The zero-order valence-corrected chi connectivity index (χ0v) is 19.7. The Balaban J connectivity index is 1.78. The number of hydrogen-bond donors (Lipinski definition) is 1. The predicted octanol–water partition coefficient (Wildman–Crippen LogP) is 4.35. The van der Waals surface area contributed by atoms with Crippen LogP contribution in [0.25, 0.3) is 0 Å². The van der Waals surface area contributed by atoms with Crippen molar-refractivity contribution >= 4 is 51.7 Å². The number of nitrogens with one attached hydrogen (secondary N) is 1. The number of benzene rings is 2. The average Bonchev–Trinajstić information content (AvgIpc) is 3.07. The second-order valence-corrected chi connectivity index (χ2v) is 8.32. The molecule has 0 spiro atoms. The fourth-order valence-corrected chi connectivity index (χ4v) is 4.53. The second kappa shape index (κ2) is 10.6. The summed E-state index contributed by atoms with van der Waals surface area (Å²) in [6, 6.07) is 10.2. The van der Waals surface area contributed by atoms with Gasteiger partial charge >= 0.3 is 0 Å². The predicted molar refractivity (Wildman–Crippen MR) is 127 cm³/mol. The first-order valence-electron chi connectivity index (χ1n) is 9.82. The van der Waals surface area contributed by atoms with Crippen LogP contribution in [-0.4, -0.2) is 55.0 Å². The maximum atomic E-state index is 12.9. The van der Waals surface area contributed by atoms with E-state index in [2.05, 4.69) is 10.3 Å². The van der Waals surface area contributed by atoms with Gasteiger partial charge < -0.3 is 19.5 Å². The van der Waals surface area contributed by atoms with Crippen molar-refractivity contribution in [3.63, 3.8) is 0 Å². The number of carbonyl (C=O) groups excluding carboxylic acids is 2. The Morgan fingerprint density at radius 3 is 2.53 bits per heavy atom. The average molecular weight is 478 g/mol. The summed E-state index contributed by atoms with van der Waals surface area (Å²) in [6.45, 7) is 2.29. The van der Waals surface area contributed by atoms with Gasteiger partial charge in [-0.15, -0.1) is 0 Å². The normalized spacial score (nSPS) is 16.9. The summed E-state index contributed by atoms with van der Waals surface area (Å²) in [6.07, 6.45) is -0.0194. The molecule has 1 aliphatic heterocycles. The van der Waals surface area contributed by atoms with Crippen LogP contribution in [0, 0.1) is 0 Å². The maximum absolute atomic E-state index is 12.9. The standard InChI is InChI=1S/C22H24ClN3O5S/c1-5-26-21(28)19(12-20(27)24-16-10-13(23)6-9-17(16)30-3)32-22(26)25-15-8-7-14(29-2)11-18(15)31-4/h6-11,19H,5,12H2,1-4H3,(H,24,27). The van der Waals surface area contributed by atoms with Gasteiger partial charge in [0.1, 0.15) is 28.2 Å². The van der Waals surface area contributed by atoms with Gasteiger partial charge in [0, 0.05) is 24.1 Å². The van der Waals surface area contributed by atoms with Crippen LogP contribution in [0.3, 0.4) is 0 Å². The third-order valence-electron chi connectivity index (χ3n) is 4.75. The van der Waals surface area contributed by atoms with E-state index in [1.807, 2.05) is 6.92 Å². The van der Waals surface area contributed by atoms with Gasteiger partial charge in [0.2, 0.25) is 11.8 Å². The summed E-state index contributed by atoms with van der Waals surface area (Å²) < 4.78 is 15.9. The van der Waals surface area contributed by atoms with E-state index >= 15 is 0 Å². The molecule has 0 saturated carbocycles. The van der Waals surface area contributed by atoms with Gasteiger partial charge in [-0.3, -0.25) is 14.5 Å². The molecule has 1 heterocycles. The molecular formula is C22H24ClN3O5S. The molecule has 1 saturated heterocycles. The first-order chi connectivity index (χ1) is 15.4. The van der Waals surface area contributed by atoms with Crippen LogP contribution in [0.4, 0.5) is 11.4 Å². The monoisotopic (exact) mass is 477 g/mol. The lowest BCUT2D eigenvalue weighted by molar-refractivity contribution is -0.128. The Hall–Kier alpha value is -2.91. The Morgan fingerprint density at radius 1 is 1.12 bits per heavy atom. The summed E-state index contributed by atoms with van der Waals surface area (Å²) in [5.74, 6) is 1.15. The van der Waals surface area contributed by atoms with Crippen molar-refractivity contribution in [3.05, 3.63) is 41.4 Å². The smallest absolute Gasteiger partial charge is 0.242 e. The lowest BCUT2D eigenvalue weighted by atomic mass is 10.2. The van der Waals surface area contributed by atoms with E-state index in [1.54, 1.807) is 55.5 Å². The Labute approximate surface area is 195 Å². The largest absolute Gasteiger partial charge is 0.497 e. The van der Waals surface area contributed by atoms with Crippen LogP contribution >= 0.6 is 23.4 Å². The van der Waals surface area contributed by atoms with E-state index in [4.69, 9.17) is 25.8 Å². The number of halogens is 1. The van der Waals surface area contributed by atoms with Crippen molar-refractivity contribution in [1.29, 1.82) is 0 Å². The number of carbonyl (C=O) groups is 2. The highest BCUT2D eigenvalue weighted by atomic mass is 35.5. The Morgan fingerprint density at radius 2 is 1.88 bits per heavy atom. The molecule has 2 aromatic carbocycles. The first-order valence-corrected chi connectivity index (χ1v) is 11.1. The van der Waals surface area contributed by atoms with E-state index in [1.165, 1.54) is 18.9 Å². The summed E-state index contributed by atoms with van der Waals surface area (Å²) in [5.41, 5.74) is 1.01. The second-order valence-electron chi connectivity index (χ2n) is 6.72. The van der Waals surface area contributed by atoms with E-state index in [-0.39, 0.29) is 18.2 Å². The maximum Gasteiger partial charge on any atom is 0.242 e. The lowest BCUT2D eigenvalue weighted by Crippen LogP contribution is -2.33. The molecule has 2 amide bonds. The lowest BCUT2D eigenvalue weighted by Gasteiger charge is -2.14. The number of nitrogens with zero attached hydrogens (tertiary/aromatic N) is 2. The molecule has 2 aromatic rings. The number of aliphatic imine (C=N–C) groups is 1. The summed E-state index contributed by atoms with van der Waals surface area (Å²) >= 11 is 7.27. The third-order valence-corrected chi connectivity index (χ3v) is 6.16. The molecule has 8 nitrogen and oxygen atoms in total. The molecule has 3 rings (SSSR count). The van der Waals surface area contributed by atoms with Crippen LogP contribution in [0.5, 0.6) is 17.2 Å². The van der Waals surface area contributed by atoms with Gasteiger partial charge in [-0.05, 0) is 37.3 Å². The van der Waals surface area contributed by atoms with E-state index in [9.17, 15) is 9.59 Å². The van der Waals surface area contributed by atoms with E-state index in [0.29, 0.717) is 45.4 Å². The summed E-state index contributed by atoms with van der Waals surface area (Å²) in [5, 5.41) is 3.16. The highest BCUT2D eigenvalue weighted by molar-refractivity contribution is 8.15. The minimum atomic E-state index is -0.594. The van der Waals surface area contributed by atoms with E-state index < -0.39 is 5.25 Å². The van der Waals surface area contributed by atoms with Gasteiger partial charge in [-0.1, -0.05) is 23.4 Å². The number of amides is 2. The van der Waals surface area contributed by atoms with Crippen LogP contribution in [0.15, 0.2) is 41.4 Å². The van der Waals surface area contributed by atoms with Gasteiger partial charge in [-0.25, -0.2) is 4.99 Å². The van der Waals surface area contributed by atoms with Crippen molar-refractivity contribution in [1.82, 2.24) is 4.90 Å². The molecule has 1 unspecified atom stereocenters. The molecule has 1 aliphatic rings. The molecule has 170 valence electrons. The Bertz CT molecular complexity index is 1050. The van der Waals surface area contributed by atoms with Crippen molar-refractivity contribution < 1.29 is 23.8 Å². The molecule has 1 fully saturated rings. The number of rotatable bonds is 8. The number of anilines is 1. The minimum absolute atomic E-state index is 0.0194. The van der Waals surface area contributed by atoms with Crippen molar-refractivity contribution in [2.45, 2.75) is 18.6 Å². The van der Waals surface area contributed by atoms with E-state index in [0.717, 1.165) is 0 Å². The van der Waals surface area contributed by atoms with Crippen LogP contribution in [0.2, 0.25) is 5.02 Å². The van der Waals surface area contributed by atoms with Gasteiger partial charge in [-0.2, -0.15) is 0 Å². The molecule has 0 radical (unpaired) electrons. The third kappa shape index (κ3) is 5.28. The molecule has 1 N–H and O–H groups in total. The SMILES string of the molecule is CCN1C(=O)C(CC(=O)Nc2cc(Cl)ccc2OC)SC1=Nc1ccc(OC)cc1OC.